The van der Waals surface area contributed by atoms with Crippen LogP contribution in [0.3, 0.4) is 0 Å². The Labute approximate surface area is 125 Å². The largest absolute Gasteiger partial charge is 0.356 e. The van der Waals surface area contributed by atoms with E-state index in [2.05, 4.69) is 26.2 Å². The summed E-state index contributed by atoms with van der Waals surface area (Å²) in [6.07, 6.45) is 1.30. The average molecular weight is 339 g/mol. The minimum absolute atomic E-state index is 0.0351. The maximum absolute atomic E-state index is 11.6. The predicted octanol–water partition coefficient (Wildman–Crippen LogP) is 3.64. The number of carbonyl (C=O) groups excluding carboxylic acids is 1. The number of hydrogen-bond acceptors (Lipinski definition) is 3. The fourth-order valence-electron chi connectivity index (χ4n) is 1.63. The second kappa shape index (κ2) is 6.82. The Kier molecular flexibility index (Phi) is 5.10. The molecule has 2 aromatic rings. The first kappa shape index (κ1) is 14.2. The molecule has 3 nitrogen and oxygen atoms in total. The molecule has 0 atom stereocenters. The van der Waals surface area contributed by atoms with E-state index >= 15 is 0 Å². The van der Waals surface area contributed by atoms with Crippen LogP contribution in [0.4, 0.5) is 0 Å². The van der Waals surface area contributed by atoms with Crippen molar-refractivity contribution in [1.82, 2.24) is 10.3 Å². The molecular weight excluding hydrogens is 324 g/mol. The molecule has 0 saturated carbocycles. The van der Waals surface area contributed by atoms with E-state index in [-0.39, 0.29) is 5.91 Å². The highest BCUT2D eigenvalue weighted by Gasteiger charge is 2.08. The molecule has 0 aliphatic heterocycles. The van der Waals surface area contributed by atoms with Crippen molar-refractivity contribution in [3.8, 4) is 10.6 Å². The number of amides is 1. The number of nitrogens with zero attached hydrogens (tertiary/aromatic N) is 1. The molecule has 19 heavy (non-hydrogen) atoms. The van der Waals surface area contributed by atoms with Crippen molar-refractivity contribution in [3.63, 3.8) is 0 Å². The SMILES string of the molecule is CCCNC(=O)Cc1csc(-c2cccc(Br)c2)n1. The Hall–Kier alpha value is -1.20. The summed E-state index contributed by atoms with van der Waals surface area (Å²) < 4.78 is 1.03. The lowest BCUT2D eigenvalue weighted by molar-refractivity contribution is -0.120. The minimum atomic E-state index is 0.0351. The smallest absolute Gasteiger partial charge is 0.226 e. The van der Waals surface area contributed by atoms with Crippen LogP contribution in [0.25, 0.3) is 10.6 Å². The van der Waals surface area contributed by atoms with Gasteiger partial charge in [0.25, 0.3) is 0 Å². The van der Waals surface area contributed by atoms with Gasteiger partial charge in [-0.05, 0) is 18.6 Å². The van der Waals surface area contributed by atoms with Gasteiger partial charge in [0.05, 0.1) is 12.1 Å². The molecule has 0 radical (unpaired) electrons. The maximum atomic E-state index is 11.6. The molecule has 100 valence electrons. The van der Waals surface area contributed by atoms with Crippen LogP contribution in [0.1, 0.15) is 19.0 Å². The fourth-order valence-corrected chi connectivity index (χ4v) is 2.85. The number of carbonyl (C=O) groups is 1. The summed E-state index contributed by atoms with van der Waals surface area (Å²) in [5.41, 5.74) is 1.90. The lowest BCUT2D eigenvalue weighted by atomic mass is 10.2. The van der Waals surface area contributed by atoms with Crippen molar-refractivity contribution in [3.05, 3.63) is 39.8 Å². The van der Waals surface area contributed by atoms with E-state index in [9.17, 15) is 4.79 Å². The summed E-state index contributed by atoms with van der Waals surface area (Å²) in [6.45, 7) is 2.76. The van der Waals surface area contributed by atoms with E-state index in [1.54, 1.807) is 11.3 Å². The molecule has 2 rings (SSSR count). The van der Waals surface area contributed by atoms with Crippen LogP contribution in [-0.4, -0.2) is 17.4 Å². The zero-order valence-electron chi connectivity index (χ0n) is 10.6. The molecule has 0 bridgehead atoms. The zero-order chi connectivity index (χ0) is 13.7. The second-order valence-corrected chi connectivity index (χ2v) is 5.95. The normalized spacial score (nSPS) is 10.4. The lowest BCUT2D eigenvalue weighted by Crippen LogP contribution is -2.25. The highest BCUT2D eigenvalue weighted by Crippen LogP contribution is 2.26. The highest BCUT2D eigenvalue weighted by atomic mass is 79.9. The third-order valence-electron chi connectivity index (χ3n) is 2.54. The Morgan fingerprint density at radius 1 is 1.47 bits per heavy atom. The molecule has 1 heterocycles. The molecular formula is C14H15BrN2OS. The third-order valence-corrected chi connectivity index (χ3v) is 3.97. The third kappa shape index (κ3) is 4.14. The van der Waals surface area contributed by atoms with Crippen molar-refractivity contribution < 1.29 is 4.79 Å². The van der Waals surface area contributed by atoms with E-state index < -0.39 is 0 Å². The van der Waals surface area contributed by atoms with Gasteiger partial charge in [-0.3, -0.25) is 4.79 Å². The molecule has 0 saturated heterocycles. The van der Waals surface area contributed by atoms with E-state index in [4.69, 9.17) is 0 Å². The molecule has 1 N–H and O–H groups in total. The van der Waals surface area contributed by atoms with Crippen molar-refractivity contribution in [2.45, 2.75) is 19.8 Å². The minimum Gasteiger partial charge on any atom is -0.356 e. The quantitative estimate of drug-likeness (QED) is 0.904. The van der Waals surface area contributed by atoms with Gasteiger partial charge in [-0.2, -0.15) is 0 Å². The molecule has 0 unspecified atom stereocenters. The van der Waals surface area contributed by atoms with Gasteiger partial charge in [-0.15, -0.1) is 11.3 Å². The maximum Gasteiger partial charge on any atom is 0.226 e. The van der Waals surface area contributed by atoms with Gasteiger partial charge >= 0.3 is 0 Å². The van der Waals surface area contributed by atoms with Gasteiger partial charge in [0.15, 0.2) is 0 Å². The predicted molar refractivity (Wildman–Crippen MR) is 82.3 cm³/mol. The van der Waals surface area contributed by atoms with Crippen molar-refractivity contribution in [1.29, 1.82) is 0 Å². The summed E-state index contributed by atoms with van der Waals surface area (Å²) in [5.74, 6) is 0.0351. The van der Waals surface area contributed by atoms with Crippen LogP contribution < -0.4 is 5.32 Å². The summed E-state index contributed by atoms with van der Waals surface area (Å²) >= 11 is 5.01. The van der Waals surface area contributed by atoms with Gasteiger partial charge < -0.3 is 5.32 Å². The van der Waals surface area contributed by atoms with Crippen LogP contribution in [0.2, 0.25) is 0 Å². The van der Waals surface area contributed by atoms with Crippen molar-refractivity contribution in [2.75, 3.05) is 6.54 Å². The van der Waals surface area contributed by atoms with Gasteiger partial charge in [0.1, 0.15) is 5.01 Å². The van der Waals surface area contributed by atoms with Gasteiger partial charge in [0.2, 0.25) is 5.91 Å². The summed E-state index contributed by atoms with van der Waals surface area (Å²) in [5, 5.41) is 5.75. The van der Waals surface area contributed by atoms with Gasteiger partial charge in [0, 0.05) is 22.0 Å². The topological polar surface area (TPSA) is 42.0 Å². The number of halogens is 1. The molecule has 1 aromatic heterocycles. The first-order chi connectivity index (χ1) is 9.19. The van der Waals surface area contributed by atoms with Crippen LogP contribution in [-0.2, 0) is 11.2 Å². The van der Waals surface area contributed by atoms with Crippen LogP contribution >= 0.6 is 27.3 Å². The molecule has 5 heteroatoms. The Morgan fingerprint density at radius 3 is 3.05 bits per heavy atom. The van der Waals surface area contributed by atoms with Crippen LogP contribution in [0.15, 0.2) is 34.1 Å². The Bertz CT molecular complexity index is 568. The van der Waals surface area contributed by atoms with E-state index in [1.165, 1.54) is 0 Å². The van der Waals surface area contributed by atoms with Crippen LogP contribution in [0.5, 0.6) is 0 Å². The number of nitrogens with one attached hydrogen (secondary N) is 1. The Balaban J connectivity index is 2.05. The summed E-state index contributed by atoms with van der Waals surface area (Å²) in [7, 11) is 0. The number of thiazole rings is 1. The first-order valence-corrected chi connectivity index (χ1v) is 7.83. The summed E-state index contributed by atoms with van der Waals surface area (Å²) in [4.78, 5) is 16.1. The fraction of sp³-hybridized carbons (Fsp3) is 0.286. The first-order valence-electron chi connectivity index (χ1n) is 6.16. The zero-order valence-corrected chi connectivity index (χ0v) is 13.1. The van der Waals surface area contributed by atoms with E-state index in [0.29, 0.717) is 6.42 Å². The average Bonchev–Trinajstić information content (AvgIpc) is 2.85. The van der Waals surface area contributed by atoms with Crippen molar-refractivity contribution >= 4 is 33.2 Å². The van der Waals surface area contributed by atoms with Crippen molar-refractivity contribution in [2.24, 2.45) is 0 Å². The summed E-state index contributed by atoms with van der Waals surface area (Å²) in [6, 6.07) is 8.01. The number of benzene rings is 1. The lowest BCUT2D eigenvalue weighted by Gasteiger charge is -2.00. The highest BCUT2D eigenvalue weighted by molar-refractivity contribution is 9.10. The van der Waals surface area contributed by atoms with E-state index in [0.717, 1.165) is 33.7 Å². The molecule has 1 amide bonds. The second-order valence-electron chi connectivity index (χ2n) is 4.18. The molecule has 1 aromatic carbocycles. The molecule has 0 aliphatic rings. The molecule has 0 spiro atoms. The number of hydrogen-bond donors (Lipinski definition) is 1. The monoisotopic (exact) mass is 338 g/mol. The number of aromatic nitrogens is 1. The molecule has 0 fully saturated rings. The Morgan fingerprint density at radius 2 is 2.32 bits per heavy atom. The molecule has 0 aliphatic carbocycles. The van der Waals surface area contributed by atoms with Gasteiger partial charge in [-0.1, -0.05) is 35.0 Å². The standard InChI is InChI=1S/C14H15BrN2OS/c1-2-6-16-13(18)8-12-9-19-14(17-12)10-4-3-5-11(15)7-10/h3-5,7,9H,2,6,8H2,1H3,(H,16,18). The van der Waals surface area contributed by atoms with E-state index in [1.807, 2.05) is 36.6 Å². The van der Waals surface area contributed by atoms with Gasteiger partial charge in [-0.25, -0.2) is 4.98 Å². The number of rotatable bonds is 5. The van der Waals surface area contributed by atoms with Crippen LogP contribution in [0, 0.1) is 0 Å².